The average Bonchev–Trinajstić information content (AvgIpc) is 2.17. The van der Waals surface area contributed by atoms with Crippen molar-refractivity contribution in [2.45, 2.75) is 27.7 Å². The zero-order valence-electron chi connectivity index (χ0n) is 10.1. The topological polar surface area (TPSA) is 84.3 Å². The van der Waals surface area contributed by atoms with E-state index in [2.05, 4.69) is 10.0 Å². The molecule has 0 bridgehead atoms. The Bertz CT molecular complexity index is 334. The molecule has 0 aliphatic rings. The van der Waals surface area contributed by atoms with Crippen LogP contribution in [0.15, 0.2) is 16.4 Å². The number of hydrogen-bond donors (Lipinski definition) is 0. The molecule has 92 valence electrons. The summed E-state index contributed by atoms with van der Waals surface area (Å²) in [6.45, 7) is 7.63. The molecule has 0 rings (SSSR count). The summed E-state index contributed by atoms with van der Waals surface area (Å²) < 4.78 is 22.4. The summed E-state index contributed by atoms with van der Waals surface area (Å²) in [5, 5.41) is 3.50. The fourth-order valence-electron chi connectivity index (χ4n) is 1.05. The number of hydrogen-bond acceptors (Lipinski definition) is 4. The number of azide groups is 1. The van der Waals surface area contributed by atoms with Crippen molar-refractivity contribution in [3.05, 3.63) is 21.7 Å². The maximum atomic E-state index is 12.1. The van der Waals surface area contributed by atoms with Crippen molar-refractivity contribution in [1.82, 2.24) is 0 Å². The summed E-state index contributed by atoms with van der Waals surface area (Å²) in [5.74, 6) is 0. The van der Waals surface area contributed by atoms with Gasteiger partial charge in [0.25, 0.3) is 0 Å². The van der Waals surface area contributed by atoms with Crippen molar-refractivity contribution in [3.8, 4) is 0 Å². The van der Waals surface area contributed by atoms with E-state index >= 15 is 0 Å². The smallest absolute Gasteiger partial charge is 0.309 e. The molecular weight excluding hydrogens is 229 g/mol. The summed E-state index contributed by atoms with van der Waals surface area (Å²) in [5.41, 5.74) is 9.61. The van der Waals surface area contributed by atoms with E-state index in [1.807, 2.05) is 0 Å². The highest BCUT2D eigenvalue weighted by molar-refractivity contribution is 7.54. The Kier molecular flexibility index (Phi) is 7.10. The largest absolute Gasteiger partial charge is 0.334 e. The van der Waals surface area contributed by atoms with E-state index in [9.17, 15) is 4.57 Å². The van der Waals surface area contributed by atoms with Gasteiger partial charge >= 0.3 is 7.60 Å². The summed E-state index contributed by atoms with van der Waals surface area (Å²) >= 11 is 0. The molecule has 0 aliphatic heterocycles. The second-order valence-corrected chi connectivity index (χ2v) is 5.30. The predicted octanol–water partition coefficient (Wildman–Crippen LogP) is 3.86. The van der Waals surface area contributed by atoms with Gasteiger partial charge in [-0.3, -0.25) is 4.57 Å². The Morgan fingerprint density at radius 3 is 2.12 bits per heavy atom. The Morgan fingerprint density at radius 1 is 1.31 bits per heavy atom. The molecule has 0 aliphatic carbocycles. The van der Waals surface area contributed by atoms with Gasteiger partial charge in [-0.2, -0.15) is 0 Å². The normalized spacial score (nSPS) is 10.8. The van der Waals surface area contributed by atoms with E-state index in [4.69, 9.17) is 14.6 Å². The minimum absolute atomic E-state index is 0.0150. The van der Waals surface area contributed by atoms with Gasteiger partial charge in [0.1, 0.15) is 0 Å². The molecule has 0 fully saturated rings. The summed E-state index contributed by atoms with van der Waals surface area (Å²) in [6, 6.07) is 0. The Labute approximate surface area is 95.8 Å². The maximum absolute atomic E-state index is 12.1. The Hall–Kier alpha value is -0.800. The fourth-order valence-corrected chi connectivity index (χ4v) is 2.84. The van der Waals surface area contributed by atoms with E-state index in [1.165, 1.54) is 0 Å². The first-order chi connectivity index (χ1) is 7.49. The summed E-state index contributed by atoms with van der Waals surface area (Å²) in [7, 11) is -3.18. The van der Waals surface area contributed by atoms with Crippen LogP contribution in [0.2, 0.25) is 0 Å². The van der Waals surface area contributed by atoms with Gasteiger partial charge in [0.2, 0.25) is 0 Å². The number of nitrogens with zero attached hydrogens (tertiary/aromatic N) is 3. The van der Waals surface area contributed by atoms with E-state index in [1.54, 1.807) is 27.7 Å². The van der Waals surface area contributed by atoms with Gasteiger partial charge in [-0.15, -0.1) is 0 Å². The molecule has 0 N–H and O–H groups in total. The molecule has 0 spiro atoms. The molecular formula is C9H18N3O3P. The predicted molar refractivity (Wildman–Crippen MR) is 63.2 cm³/mol. The van der Waals surface area contributed by atoms with Crippen LogP contribution in [0.3, 0.4) is 0 Å². The SMILES string of the molecule is CCOP(=O)(CC(N=[N+]=[N-])=C(C)C)OCC. The second-order valence-electron chi connectivity index (χ2n) is 3.24. The van der Waals surface area contributed by atoms with Gasteiger partial charge in [-0.1, -0.05) is 10.7 Å². The standard InChI is InChI=1S/C9H18N3O3P/c1-5-14-16(13,15-6-2)7-9(8(3)4)11-12-10/h5-7H2,1-4H3. The third-order valence-electron chi connectivity index (χ3n) is 1.74. The summed E-state index contributed by atoms with van der Waals surface area (Å²) in [6.07, 6.45) is 0.0150. The van der Waals surface area contributed by atoms with Crippen LogP contribution in [0.25, 0.3) is 10.4 Å². The van der Waals surface area contributed by atoms with Crippen molar-refractivity contribution in [2.75, 3.05) is 19.4 Å². The first-order valence-corrected chi connectivity index (χ1v) is 6.81. The van der Waals surface area contributed by atoms with Crippen LogP contribution in [-0.4, -0.2) is 19.4 Å². The van der Waals surface area contributed by atoms with Crippen LogP contribution in [0.4, 0.5) is 0 Å². The average molecular weight is 247 g/mol. The van der Waals surface area contributed by atoms with Crippen LogP contribution < -0.4 is 0 Å². The van der Waals surface area contributed by atoms with Crippen molar-refractivity contribution in [1.29, 1.82) is 0 Å². The number of allylic oxidation sites excluding steroid dienone is 2. The molecule has 0 saturated carbocycles. The van der Waals surface area contributed by atoms with Crippen LogP contribution in [0, 0.1) is 0 Å². The molecule has 7 heteroatoms. The minimum Gasteiger partial charge on any atom is -0.309 e. The van der Waals surface area contributed by atoms with Crippen LogP contribution in [0.5, 0.6) is 0 Å². The third-order valence-corrected chi connectivity index (χ3v) is 3.73. The van der Waals surface area contributed by atoms with Crippen LogP contribution in [-0.2, 0) is 13.6 Å². The maximum Gasteiger partial charge on any atom is 0.334 e. The van der Waals surface area contributed by atoms with E-state index < -0.39 is 7.60 Å². The molecule has 0 aromatic rings. The van der Waals surface area contributed by atoms with Crippen LogP contribution in [0.1, 0.15) is 27.7 Å². The van der Waals surface area contributed by atoms with Crippen LogP contribution >= 0.6 is 7.60 Å². The highest BCUT2D eigenvalue weighted by Crippen LogP contribution is 2.50. The lowest BCUT2D eigenvalue weighted by atomic mass is 10.3. The van der Waals surface area contributed by atoms with Gasteiger partial charge in [0, 0.05) is 10.6 Å². The quantitative estimate of drug-likeness (QED) is 0.296. The van der Waals surface area contributed by atoms with Crippen molar-refractivity contribution >= 4 is 7.60 Å². The first-order valence-electron chi connectivity index (χ1n) is 5.08. The van der Waals surface area contributed by atoms with Crippen molar-refractivity contribution in [2.24, 2.45) is 5.11 Å². The molecule has 0 aromatic heterocycles. The highest BCUT2D eigenvalue weighted by atomic mass is 31.2. The zero-order valence-corrected chi connectivity index (χ0v) is 11.0. The molecule has 6 nitrogen and oxygen atoms in total. The molecule has 0 heterocycles. The van der Waals surface area contributed by atoms with Gasteiger partial charge in [-0.25, -0.2) is 0 Å². The summed E-state index contributed by atoms with van der Waals surface area (Å²) in [4.78, 5) is 2.70. The molecule has 0 radical (unpaired) electrons. The second kappa shape index (κ2) is 7.47. The third kappa shape index (κ3) is 5.33. The minimum atomic E-state index is -3.18. The lowest BCUT2D eigenvalue weighted by Crippen LogP contribution is -2.02. The molecule has 16 heavy (non-hydrogen) atoms. The molecule has 0 amide bonds. The van der Waals surface area contributed by atoms with Gasteiger partial charge < -0.3 is 9.05 Å². The van der Waals surface area contributed by atoms with E-state index in [0.717, 1.165) is 5.57 Å². The highest BCUT2D eigenvalue weighted by Gasteiger charge is 2.25. The van der Waals surface area contributed by atoms with Gasteiger partial charge in [0.15, 0.2) is 0 Å². The van der Waals surface area contributed by atoms with Gasteiger partial charge in [0.05, 0.1) is 19.4 Å². The Balaban J connectivity index is 4.93. The monoisotopic (exact) mass is 247 g/mol. The number of rotatable bonds is 7. The van der Waals surface area contributed by atoms with Gasteiger partial charge in [-0.05, 0) is 33.2 Å². The fraction of sp³-hybridized carbons (Fsp3) is 0.778. The van der Waals surface area contributed by atoms with E-state index in [0.29, 0.717) is 18.9 Å². The Morgan fingerprint density at radius 2 is 1.81 bits per heavy atom. The van der Waals surface area contributed by atoms with Crippen molar-refractivity contribution in [3.63, 3.8) is 0 Å². The molecule has 0 saturated heterocycles. The molecule has 0 atom stereocenters. The zero-order chi connectivity index (χ0) is 12.6. The van der Waals surface area contributed by atoms with Crippen molar-refractivity contribution < 1.29 is 13.6 Å². The lowest BCUT2D eigenvalue weighted by molar-refractivity contribution is 0.222. The van der Waals surface area contributed by atoms with E-state index in [-0.39, 0.29) is 6.16 Å². The molecule has 0 unspecified atom stereocenters. The lowest BCUT2D eigenvalue weighted by Gasteiger charge is -2.17. The molecule has 0 aromatic carbocycles. The first kappa shape index (κ1) is 15.2.